The minimum atomic E-state index is -3.89. The van der Waals surface area contributed by atoms with E-state index in [4.69, 9.17) is 19.9 Å². The van der Waals surface area contributed by atoms with E-state index in [-0.39, 0.29) is 30.7 Å². The molecule has 2 atom stereocenters. The third kappa shape index (κ3) is 7.01. The van der Waals surface area contributed by atoms with Crippen LogP contribution in [0.25, 0.3) is 0 Å². The van der Waals surface area contributed by atoms with Gasteiger partial charge in [0.15, 0.2) is 11.5 Å². The average Bonchev–Trinajstić information content (AvgIpc) is 3.36. The Morgan fingerprint density at radius 2 is 1.65 bits per heavy atom. The van der Waals surface area contributed by atoms with Gasteiger partial charge in [-0.15, -0.1) is 0 Å². The van der Waals surface area contributed by atoms with E-state index in [1.807, 2.05) is 68.4 Å². The molecule has 1 aliphatic rings. The van der Waals surface area contributed by atoms with Gasteiger partial charge < -0.3 is 25.1 Å². The first-order chi connectivity index (χ1) is 17.7. The molecule has 0 aliphatic carbocycles. The zero-order valence-corrected chi connectivity index (χ0v) is 21.9. The van der Waals surface area contributed by atoms with Crippen LogP contribution in [0.1, 0.15) is 25.0 Å². The van der Waals surface area contributed by atoms with Crippen molar-refractivity contribution in [2.24, 2.45) is 11.7 Å². The molecule has 0 bridgehead atoms. The Morgan fingerprint density at radius 3 is 2.35 bits per heavy atom. The maximum Gasteiger partial charge on any atom is 0.243 e. The first kappa shape index (κ1) is 26.9. The van der Waals surface area contributed by atoms with Crippen LogP contribution in [0.5, 0.6) is 17.2 Å². The van der Waals surface area contributed by atoms with Gasteiger partial charge in [0.25, 0.3) is 0 Å². The molecule has 0 saturated carbocycles. The van der Waals surface area contributed by atoms with Crippen molar-refractivity contribution in [2.45, 2.75) is 43.9 Å². The van der Waals surface area contributed by atoms with Crippen LogP contribution >= 0.6 is 0 Å². The molecule has 0 radical (unpaired) electrons. The summed E-state index contributed by atoms with van der Waals surface area (Å²) < 4.78 is 44.6. The van der Waals surface area contributed by atoms with E-state index in [0.29, 0.717) is 24.5 Å². The lowest BCUT2D eigenvalue weighted by molar-refractivity contribution is 0.116. The number of nitrogens with zero attached hydrogens (tertiary/aromatic N) is 1. The molecule has 0 spiro atoms. The smallest absolute Gasteiger partial charge is 0.243 e. The van der Waals surface area contributed by atoms with Crippen molar-refractivity contribution in [2.75, 3.05) is 19.9 Å². The van der Waals surface area contributed by atoms with Crippen LogP contribution in [0, 0.1) is 5.92 Å². The second-order valence-electron chi connectivity index (χ2n) is 9.58. The summed E-state index contributed by atoms with van der Waals surface area (Å²) in [7, 11) is -3.89. The molecule has 37 heavy (non-hydrogen) atoms. The highest BCUT2D eigenvalue weighted by Crippen LogP contribution is 2.34. The number of fused-ring (bicyclic) bond motifs is 1. The van der Waals surface area contributed by atoms with Crippen LogP contribution in [-0.4, -0.2) is 49.9 Å². The van der Waals surface area contributed by atoms with Crippen molar-refractivity contribution in [3.05, 3.63) is 83.9 Å². The van der Waals surface area contributed by atoms with E-state index in [0.717, 1.165) is 16.9 Å². The van der Waals surface area contributed by atoms with Crippen molar-refractivity contribution < 1.29 is 27.7 Å². The molecule has 1 aliphatic heterocycles. The fourth-order valence-corrected chi connectivity index (χ4v) is 5.72. The lowest BCUT2D eigenvalue weighted by atomic mass is 10.0. The van der Waals surface area contributed by atoms with Crippen molar-refractivity contribution >= 4 is 10.0 Å². The topological polar surface area (TPSA) is 111 Å². The molecule has 0 aromatic heterocycles. The summed E-state index contributed by atoms with van der Waals surface area (Å²) in [4.78, 5) is 0.0873. The highest BCUT2D eigenvalue weighted by atomic mass is 32.2. The number of sulfonamides is 1. The molecule has 4 rings (SSSR count). The van der Waals surface area contributed by atoms with Gasteiger partial charge >= 0.3 is 0 Å². The molecule has 0 fully saturated rings. The van der Waals surface area contributed by atoms with E-state index in [1.165, 1.54) is 16.4 Å². The zero-order chi connectivity index (χ0) is 26.4. The average molecular weight is 527 g/mol. The summed E-state index contributed by atoms with van der Waals surface area (Å²) in [6, 6.07) is 21.3. The van der Waals surface area contributed by atoms with Crippen LogP contribution in [0.4, 0.5) is 0 Å². The molecule has 9 heteroatoms. The number of rotatable bonds is 12. The lowest BCUT2D eigenvalue weighted by Crippen LogP contribution is -2.47. The van der Waals surface area contributed by atoms with Gasteiger partial charge in [-0.25, -0.2) is 8.42 Å². The van der Waals surface area contributed by atoms with Gasteiger partial charge in [0, 0.05) is 25.2 Å². The van der Waals surface area contributed by atoms with E-state index in [1.54, 1.807) is 6.07 Å². The first-order valence-electron chi connectivity index (χ1n) is 12.3. The number of hydrogen-bond donors (Lipinski definition) is 2. The maximum absolute atomic E-state index is 13.4. The van der Waals surface area contributed by atoms with Gasteiger partial charge in [-0.3, -0.25) is 0 Å². The summed E-state index contributed by atoms with van der Waals surface area (Å²) in [5, 5.41) is 10.9. The van der Waals surface area contributed by atoms with E-state index < -0.39 is 22.2 Å². The number of aliphatic hydroxyl groups is 1. The Kier molecular flexibility index (Phi) is 8.71. The molecule has 0 unspecified atom stereocenters. The van der Waals surface area contributed by atoms with Gasteiger partial charge in [0.1, 0.15) is 12.4 Å². The van der Waals surface area contributed by atoms with Crippen molar-refractivity contribution in [1.29, 1.82) is 0 Å². The number of aliphatic hydroxyl groups excluding tert-OH is 1. The fraction of sp³-hybridized carbons (Fsp3) is 0.357. The molecule has 3 N–H and O–H groups in total. The zero-order valence-electron chi connectivity index (χ0n) is 21.1. The Labute approximate surface area is 218 Å². The minimum Gasteiger partial charge on any atom is -0.489 e. The quantitative estimate of drug-likeness (QED) is 0.371. The molecule has 3 aromatic rings. The van der Waals surface area contributed by atoms with Gasteiger partial charge in [0.05, 0.1) is 11.0 Å². The Bertz CT molecular complexity index is 1270. The van der Waals surface area contributed by atoms with Crippen molar-refractivity contribution in [1.82, 2.24) is 4.31 Å². The van der Waals surface area contributed by atoms with Gasteiger partial charge in [0.2, 0.25) is 16.8 Å². The predicted octanol–water partition coefficient (Wildman–Crippen LogP) is 3.57. The summed E-state index contributed by atoms with van der Waals surface area (Å²) in [6.45, 7) is 4.51. The predicted molar refractivity (Wildman–Crippen MR) is 141 cm³/mol. The Morgan fingerprint density at radius 1 is 0.946 bits per heavy atom. The summed E-state index contributed by atoms with van der Waals surface area (Å²) in [5.74, 6) is 1.68. The molecular weight excluding hydrogens is 492 g/mol. The number of hydrogen-bond acceptors (Lipinski definition) is 7. The summed E-state index contributed by atoms with van der Waals surface area (Å²) >= 11 is 0. The number of ether oxygens (including phenoxy) is 3. The number of nitrogens with two attached hydrogens (primary N) is 1. The highest BCUT2D eigenvalue weighted by Gasteiger charge is 2.31. The standard InChI is InChI=1S/C28H34N2O6S/c1-20(2)16-30(37(32,33)24-12-13-27-28(15-24)36-19-35-27)17-26(31)25(29)14-21-8-10-23(11-9-21)34-18-22-6-4-3-5-7-22/h3-13,15,20,25-26,31H,14,16-19,29H2,1-2H3/t25-,26+/m1/s1. The first-order valence-corrected chi connectivity index (χ1v) is 13.8. The molecule has 0 saturated heterocycles. The van der Waals surface area contributed by atoms with Crippen LogP contribution < -0.4 is 19.9 Å². The van der Waals surface area contributed by atoms with Crippen LogP contribution in [-0.2, 0) is 23.1 Å². The third-order valence-electron chi connectivity index (χ3n) is 6.08. The van der Waals surface area contributed by atoms with Gasteiger partial charge in [-0.05, 0) is 47.7 Å². The van der Waals surface area contributed by atoms with Gasteiger partial charge in [-0.2, -0.15) is 4.31 Å². The second-order valence-corrected chi connectivity index (χ2v) is 11.5. The van der Waals surface area contributed by atoms with Crippen LogP contribution in [0.15, 0.2) is 77.7 Å². The van der Waals surface area contributed by atoms with Crippen molar-refractivity contribution in [3.63, 3.8) is 0 Å². The molecule has 1 heterocycles. The molecule has 8 nitrogen and oxygen atoms in total. The second kappa shape index (κ2) is 12.0. The Balaban J connectivity index is 1.38. The molecule has 0 amide bonds. The maximum atomic E-state index is 13.4. The molecule has 3 aromatic carbocycles. The third-order valence-corrected chi connectivity index (χ3v) is 7.91. The molecule has 198 valence electrons. The monoisotopic (exact) mass is 526 g/mol. The van der Waals surface area contributed by atoms with Crippen LogP contribution in [0.3, 0.4) is 0 Å². The fourth-order valence-electron chi connectivity index (χ4n) is 4.08. The van der Waals surface area contributed by atoms with E-state index >= 15 is 0 Å². The Hall–Kier alpha value is -3.11. The van der Waals surface area contributed by atoms with E-state index in [9.17, 15) is 13.5 Å². The van der Waals surface area contributed by atoms with E-state index in [2.05, 4.69) is 0 Å². The van der Waals surface area contributed by atoms with Crippen molar-refractivity contribution in [3.8, 4) is 17.2 Å². The summed E-state index contributed by atoms with van der Waals surface area (Å²) in [6.07, 6.45) is -0.670. The van der Waals surface area contributed by atoms with Crippen LogP contribution in [0.2, 0.25) is 0 Å². The largest absolute Gasteiger partial charge is 0.489 e. The normalized spacial score (nSPS) is 14.6. The van der Waals surface area contributed by atoms with Gasteiger partial charge in [-0.1, -0.05) is 56.3 Å². The summed E-state index contributed by atoms with van der Waals surface area (Å²) in [5.41, 5.74) is 8.32. The number of benzene rings is 3. The SMILES string of the molecule is CC(C)CN(C[C@H](O)[C@H](N)Cc1ccc(OCc2ccccc2)cc1)S(=O)(=O)c1ccc2c(c1)OCO2. The minimum absolute atomic E-state index is 0.0515. The highest BCUT2D eigenvalue weighted by molar-refractivity contribution is 7.89. The molecular formula is C28H34N2O6S. The lowest BCUT2D eigenvalue weighted by Gasteiger charge is -2.28.